The molecule has 25 heavy (non-hydrogen) atoms. The number of nitrogens with one attached hydrogen (secondary N) is 2. The third-order valence-corrected chi connectivity index (χ3v) is 4.56. The molecule has 1 heterocycles. The van der Waals surface area contributed by atoms with Gasteiger partial charge in [-0.15, -0.1) is 0 Å². The van der Waals surface area contributed by atoms with Crippen molar-refractivity contribution in [2.45, 2.75) is 58.4 Å². The summed E-state index contributed by atoms with van der Waals surface area (Å²) >= 11 is 0. The first-order valence-electron chi connectivity index (χ1n) is 9.10. The van der Waals surface area contributed by atoms with Crippen molar-refractivity contribution in [3.8, 4) is 0 Å². The summed E-state index contributed by atoms with van der Waals surface area (Å²) in [4.78, 5) is 9.18. The first-order chi connectivity index (χ1) is 12.0. The number of hydrogen-bond donors (Lipinski definition) is 3. The van der Waals surface area contributed by atoms with E-state index < -0.39 is 0 Å². The molecular weight excluding hydrogens is 312 g/mol. The maximum Gasteiger partial charge on any atom is 0.225 e. The van der Waals surface area contributed by atoms with Crippen LogP contribution in [0.5, 0.6) is 0 Å². The summed E-state index contributed by atoms with van der Waals surface area (Å²) in [6, 6.07) is 8.41. The van der Waals surface area contributed by atoms with Gasteiger partial charge in [0.15, 0.2) is 0 Å². The number of hydrogen-bond acceptors (Lipinski definition) is 5. The Morgan fingerprint density at radius 3 is 2.52 bits per heavy atom. The lowest BCUT2D eigenvalue weighted by molar-refractivity contribution is 0.281. The van der Waals surface area contributed by atoms with Crippen molar-refractivity contribution in [1.82, 2.24) is 9.97 Å². The molecule has 0 unspecified atom stereocenters. The van der Waals surface area contributed by atoms with Gasteiger partial charge < -0.3 is 15.7 Å². The van der Waals surface area contributed by atoms with E-state index in [1.165, 1.54) is 24.0 Å². The molecule has 1 fully saturated rings. The van der Waals surface area contributed by atoms with Crippen molar-refractivity contribution >= 4 is 17.5 Å². The van der Waals surface area contributed by atoms with Crippen molar-refractivity contribution in [2.24, 2.45) is 0 Å². The minimum Gasteiger partial charge on any atom is -0.394 e. The SMILES string of the molecule is Cc1cc(Nc2cc(C3CC3)nc(N[C@@H](C)CO)n2)ccc1C(C)C. The van der Waals surface area contributed by atoms with Gasteiger partial charge in [-0.2, -0.15) is 4.98 Å². The number of benzene rings is 1. The highest BCUT2D eigenvalue weighted by molar-refractivity contribution is 5.60. The minimum absolute atomic E-state index is 0.0512. The van der Waals surface area contributed by atoms with Crippen LogP contribution in [-0.4, -0.2) is 27.7 Å². The highest BCUT2D eigenvalue weighted by Crippen LogP contribution is 2.40. The maximum absolute atomic E-state index is 9.26. The molecular formula is C20H28N4O. The Balaban J connectivity index is 1.84. The molecule has 5 heteroatoms. The maximum atomic E-state index is 9.26. The number of aliphatic hydroxyl groups is 1. The van der Waals surface area contributed by atoms with Crippen LogP contribution in [0.4, 0.5) is 17.5 Å². The second-order valence-corrected chi connectivity index (χ2v) is 7.35. The van der Waals surface area contributed by atoms with Gasteiger partial charge in [-0.25, -0.2) is 4.98 Å². The van der Waals surface area contributed by atoms with Gasteiger partial charge in [-0.05, 0) is 55.9 Å². The van der Waals surface area contributed by atoms with Gasteiger partial charge in [0, 0.05) is 23.7 Å². The van der Waals surface area contributed by atoms with Crippen LogP contribution in [0.1, 0.15) is 62.3 Å². The predicted octanol–water partition coefficient (Wildman–Crippen LogP) is 4.32. The Kier molecular flexibility index (Phi) is 5.23. The molecule has 1 saturated carbocycles. The number of aryl methyl sites for hydroxylation is 1. The van der Waals surface area contributed by atoms with Gasteiger partial charge in [0.1, 0.15) is 5.82 Å². The van der Waals surface area contributed by atoms with Crippen molar-refractivity contribution < 1.29 is 5.11 Å². The molecule has 0 spiro atoms. The van der Waals surface area contributed by atoms with Crippen molar-refractivity contribution in [2.75, 3.05) is 17.2 Å². The summed E-state index contributed by atoms with van der Waals surface area (Å²) in [7, 11) is 0. The van der Waals surface area contributed by atoms with E-state index in [0.717, 1.165) is 17.2 Å². The zero-order valence-electron chi connectivity index (χ0n) is 15.5. The van der Waals surface area contributed by atoms with E-state index in [2.05, 4.69) is 59.6 Å². The summed E-state index contributed by atoms with van der Waals surface area (Å²) in [6.07, 6.45) is 2.38. The van der Waals surface area contributed by atoms with Crippen LogP contribution in [0.25, 0.3) is 0 Å². The number of aromatic nitrogens is 2. The molecule has 2 aromatic rings. The first-order valence-corrected chi connectivity index (χ1v) is 9.10. The molecule has 0 aliphatic heterocycles. The van der Waals surface area contributed by atoms with Crippen LogP contribution in [0.2, 0.25) is 0 Å². The zero-order chi connectivity index (χ0) is 18.0. The molecule has 0 saturated heterocycles. The Bertz CT molecular complexity index is 740. The Morgan fingerprint density at radius 2 is 1.92 bits per heavy atom. The van der Waals surface area contributed by atoms with E-state index >= 15 is 0 Å². The van der Waals surface area contributed by atoms with Crippen LogP contribution in [0, 0.1) is 6.92 Å². The van der Waals surface area contributed by atoms with Gasteiger partial charge in [0.25, 0.3) is 0 Å². The highest BCUT2D eigenvalue weighted by atomic mass is 16.3. The molecule has 1 aliphatic rings. The summed E-state index contributed by atoms with van der Waals surface area (Å²) in [5, 5.41) is 15.8. The fourth-order valence-electron chi connectivity index (χ4n) is 3.00. The number of rotatable bonds is 7. The molecule has 5 nitrogen and oxygen atoms in total. The second kappa shape index (κ2) is 7.40. The van der Waals surface area contributed by atoms with Crippen LogP contribution < -0.4 is 10.6 Å². The quantitative estimate of drug-likeness (QED) is 0.700. The van der Waals surface area contributed by atoms with Crippen molar-refractivity contribution in [1.29, 1.82) is 0 Å². The van der Waals surface area contributed by atoms with Gasteiger partial charge in [0.2, 0.25) is 5.95 Å². The van der Waals surface area contributed by atoms with Crippen molar-refractivity contribution in [3.63, 3.8) is 0 Å². The summed E-state index contributed by atoms with van der Waals surface area (Å²) in [5.41, 5.74) is 4.75. The van der Waals surface area contributed by atoms with E-state index in [0.29, 0.717) is 17.8 Å². The summed E-state index contributed by atoms with van der Waals surface area (Å²) < 4.78 is 0. The van der Waals surface area contributed by atoms with Crippen LogP contribution >= 0.6 is 0 Å². The third-order valence-electron chi connectivity index (χ3n) is 4.56. The second-order valence-electron chi connectivity index (χ2n) is 7.35. The van der Waals surface area contributed by atoms with Crippen molar-refractivity contribution in [3.05, 3.63) is 41.1 Å². The molecule has 1 aliphatic carbocycles. The molecule has 0 amide bonds. The molecule has 3 N–H and O–H groups in total. The van der Waals surface area contributed by atoms with E-state index in [1.54, 1.807) is 0 Å². The number of anilines is 3. The molecule has 1 atom stereocenters. The van der Waals surface area contributed by atoms with Crippen LogP contribution in [0.3, 0.4) is 0 Å². The van der Waals surface area contributed by atoms with Gasteiger partial charge in [-0.1, -0.05) is 19.9 Å². The molecule has 0 radical (unpaired) electrons. The average Bonchev–Trinajstić information content (AvgIpc) is 3.39. The van der Waals surface area contributed by atoms with Crippen LogP contribution in [0.15, 0.2) is 24.3 Å². The van der Waals surface area contributed by atoms with E-state index in [4.69, 9.17) is 0 Å². The lowest BCUT2D eigenvalue weighted by atomic mass is 9.98. The van der Waals surface area contributed by atoms with E-state index in [1.807, 2.05) is 13.0 Å². The van der Waals surface area contributed by atoms with Gasteiger partial charge in [0.05, 0.1) is 12.3 Å². The molecule has 134 valence electrons. The normalized spacial score (nSPS) is 15.3. The standard InChI is InChI=1S/C20H28N4O/c1-12(2)17-8-7-16(9-13(17)3)22-19-10-18(15-5-6-15)23-20(24-19)21-14(4)11-25/h7-10,12,14-15,25H,5-6,11H2,1-4H3,(H2,21,22,23,24)/t14-/m0/s1. The topological polar surface area (TPSA) is 70.1 Å². The first kappa shape index (κ1) is 17.7. The smallest absolute Gasteiger partial charge is 0.225 e. The largest absolute Gasteiger partial charge is 0.394 e. The highest BCUT2D eigenvalue weighted by Gasteiger charge is 2.26. The molecule has 0 bridgehead atoms. The number of aliphatic hydroxyl groups excluding tert-OH is 1. The lowest BCUT2D eigenvalue weighted by Crippen LogP contribution is -2.21. The Hall–Kier alpha value is -2.14. The van der Waals surface area contributed by atoms with Crippen LogP contribution in [-0.2, 0) is 0 Å². The van der Waals surface area contributed by atoms with E-state index in [-0.39, 0.29) is 12.6 Å². The minimum atomic E-state index is -0.0742. The van der Waals surface area contributed by atoms with E-state index in [9.17, 15) is 5.11 Å². The fourth-order valence-corrected chi connectivity index (χ4v) is 3.00. The summed E-state index contributed by atoms with van der Waals surface area (Å²) in [6.45, 7) is 8.53. The Labute approximate surface area is 149 Å². The fraction of sp³-hybridized carbons (Fsp3) is 0.500. The lowest BCUT2D eigenvalue weighted by Gasteiger charge is -2.15. The third kappa shape index (κ3) is 4.48. The number of nitrogens with zero attached hydrogens (tertiary/aromatic N) is 2. The average molecular weight is 340 g/mol. The molecule has 1 aromatic heterocycles. The summed E-state index contributed by atoms with van der Waals surface area (Å²) in [5.74, 6) is 2.43. The zero-order valence-corrected chi connectivity index (χ0v) is 15.5. The molecule has 3 rings (SSSR count). The van der Waals surface area contributed by atoms with Gasteiger partial charge >= 0.3 is 0 Å². The predicted molar refractivity (Wildman–Crippen MR) is 103 cm³/mol. The van der Waals surface area contributed by atoms with Gasteiger partial charge in [-0.3, -0.25) is 0 Å². The molecule has 1 aromatic carbocycles. The monoisotopic (exact) mass is 340 g/mol. The Morgan fingerprint density at radius 1 is 1.16 bits per heavy atom.